The number of carbonyl (C=O) groups is 4. The predicted molar refractivity (Wildman–Crippen MR) is 129 cm³/mol. The Kier molecular flexibility index (Phi) is 6.07. The number of carboxylic acids is 1. The number of nitrogens with one attached hydrogen (secondary N) is 1. The summed E-state index contributed by atoms with van der Waals surface area (Å²) in [5.41, 5.74) is 7.27. The summed E-state index contributed by atoms with van der Waals surface area (Å²) in [7, 11) is 0. The zero-order valence-corrected chi connectivity index (χ0v) is 19.9. The highest BCUT2D eigenvalue weighted by Crippen LogP contribution is 2.42. The Labute approximate surface area is 204 Å². The topological polar surface area (TPSA) is 133 Å². The molecule has 0 spiro atoms. The summed E-state index contributed by atoms with van der Waals surface area (Å²) in [4.78, 5) is 54.0. The molecule has 0 unspecified atom stereocenters. The number of carbonyl (C=O) groups excluding carboxylic acids is 3. The van der Waals surface area contributed by atoms with E-state index in [1.165, 1.54) is 28.4 Å². The maximum absolute atomic E-state index is 12.8. The normalized spacial score (nSPS) is 25.5. The number of nitrogen functional groups attached to an aromatic ring is 1. The maximum Gasteiger partial charge on any atom is 0.352 e. The van der Waals surface area contributed by atoms with E-state index in [2.05, 4.69) is 5.32 Å². The SMILES string of the molecule is Nc1ccc(SCC(=O)N[C@@H]2C(=O)N3C(C(=O)O)=C(C=C4CCN(C5CC5)C4=O)CS[C@H]23)cc1. The zero-order chi connectivity index (χ0) is 24.0. The number of nitrogens with zero attached hydrogens (tertiary/aromatic N) is 2. The number of anilines is 1. The van der Waals surface area contributed by atoms with Crippen LogP contribution in [0.25, 0.3) is 0 Å². The van der Waals surface area contributed by atoms with Crippen molar-refractivity contribution >= 4 is 52.9 Å². The zero-order valence-electron chi connectivity index (χ0n) is 18.2. The number of carboxylic acid groups (broad SMARTS) is 1. The second-order valence-corrected chi connectivity index (χ2v) is 10.8. The number of allylic oxidation sites excluding steroid dienone is 1. The molecule has 3 aliphatic heterocycles. The van der Waals surface area contributed by atoms with Crippen molar-refractivity contribution in [1.82, 2.24) is 15.1 Å². The van der Waals surface area contributed by atoms with Crippen LogP contribution >= 0.6 is 23.5 Å². The molecule has 3 fully saturated rings. The van der Waals surface area contributed by atoms with Gasteiger partial charge in [-0.05, 0) is 55.2 Å². The van der Waals surface area contributed by atoms with Crippen LogP contribution in [-0.4, -0.2) is 74.1 Å². The Bertz CT molecular complexity index is 1130. The molecule has 178 valence electrons. The first-order valence-corrected chi connectivity index (χ1v) is 13.1. The number of nitrogens with two attached hydrogens (primary N) is 1. The van der Waals surface area contributed by atoms with Gasteiger partial charge in [0.2, 0.25) is 11.8 Å². The first kappa shape index (κ1) is 22.9. The Morgan fingerprint density at radius 1 is 1.24 bits per heavy atom. The summed E-state index contributed by atoms with van der Waals surface area (Å²) in [5.74, 6) is -1.52. The number of benzene rings is 1. The minimum Gasteiger partial charge on any atom is -0.477 e. The molecule has 2 atom stereocenters. The molecule has 11 heteroatoms. The molecule has 0 bridgehead atoms. The molecule has 1 aromatic rings. The van der Waals surface area contributed by atoms with E-state index in [-0.39, 0.29) is 23.3 Å². The summed E-state index contributed by atoms with van der Waals surface area (Å²) >= 11 is 2.72. The summed E-state index contributed by atoms with van der Waals surface area (Å²) in [6.07, 6.45) is 4.28. The van der Waals surface area contributed by atoms with Crippen molar-refractivity contribution in [1.29, 1.82) is 0 Å². The lowest BCUT2D eigenvalue weighted by Crippen LogP contribution is -2.70. The monoisotopic (exact) mass is 500 g/mol. The fraction of sp³-hybridized carbons (Fsp3) is 0.391. The number of likely N-dealkylation sites (tertiary alicyclic amines) is 1. The Morgan fingerprint density at radius 2 is 1.97 bits per heavy atom. The van der Waals surface area contributed by atoms with Gasteiger partial charge in [-0.3, -0.25) is 19.3 Å². The predicted octanol–water partition coefficient (Wildman–Crippen LogP) is 1.42. The third-order valence-corrected chi connectivity index (χ3v) is 8.57. The Hall–Kier alpha value is -2.92. The smallest absolute Gasteiger partial charge is 0.352 e. The van der Waals surface area contributed by atoms with Gasteiger partial charge in [0.15, 0.2) is 0 Å². The van der Waals surface area contributed by atoms with E-state index < -0.39 is 23.3 Å². The van der Waals surface area contributed by atoms with Crippen LogP contribution < -0.4 is 11.1 Å². The van der Waals surface area contributed by atoms with E-state index >= 15 is 0 Å². The van der Waals surface area contributed by atoms with Gasteiger partial charge in [0.25, 0.3) is 5.91 Å². The van der Waals surface area contributed by atoms with Crippen molar-refractivity contribution in [3.63, 3.8) is 0 Å². The van der Waals surface area contributed by atoms with Crippen molar-refractivity contribution in [2.24, 2.45) is 0 Å². The van der Waals surface area contributed by atoms with E-state index in [1.807, 2.05) is 17.0 Å². The first-order chi connectivity index (χ1) is 16.3. The van der Waals surface area contributed by atoms with Crippen LogP contribution in [-0.2, 0) is 19.2 Å². The lowest BCUT2D eigenvalue weighted by atomic mass is 10.0. The first-order valence-electron chi connectivity index (χ1n) is 11.0. The molecule has 0 radical (unpaired) electrons. The van der Waals surface area contributed by atoms with Crippen molar-refractivity contribution in [2.75, 3.05) is 23.8 Å². The number of hydrogen-bond acceptors (Lipinski definition) is 7. The molecule has 0 aromatic heterocycles. The third-order valence-electron chi connectivity index (χ3n) is 6.26. The lowest BCUT2D eigenvalue weighted by Gasteiger charge is -2.49. The fourth-order valence-corrected chi connectivity index (χ4v) is 6.41. The van der Waals surface area contributed by atoms with Crippen LogP contribution in [0.2, 0.25) is 0 Å². The van der Waals surface area contributed by atoms with Gasteiger partial charge < -0.3 is 21.1 Å². The van der Waals surface area contributed by atoms with Crippen LogP contribution in [0.1, 0.15) is 19.3 Å². The highest BCUT2D eigenvalue weighted by molar-refractivity contribution is 8.00. The maximum atomic E-state index is 12.8. The summed E-state index contributed by atoms with van der Waals surface area (Å²) < 4.78 is 0. The van der Waals surface area contributed by atoms with Crippen LogP contribution in [0.4, 0.5) is 5.69 Å². The van der Waals surface area contributed by atoms with E-state index in [1.54, 1.807) is 18.2 Å². The van der Waals surface area contributed by atoms with E-state index in [9.17, 15) is 24.3 Å². The van der Waals surface area contributed by atoms with Crippen LogP contribution in [0.15, 0.2) is 52.1 Å². The van der Waals surface area contributed by atoms with Gasteiger partial charge in [0.05, 0.1) is 5.75 Å². The van der Waals surface area contributed by atoms with Crippen molar-refractivity contribution in [3.8, 4) is 0 Å². The largest absolute Gasteiger partial charge is 0.477 e. The molecule has 3 amide bonds. The molecule has 9 nitrogen and oxygen atoms in total. The number of rotatable bonds is 7. The highest BCUT2D eigenvalue weighted by Gasteiger charge is 2.54. The molecular formula is C23H24N4O5S2. The van der Waals surface area contributed by atoms with Crippen LogP contribution in [0, 0.1) is 0 Å². The number of hydrogen-bond donors (Lipinski definition) is 3. The van der Waals surface area contributed by atoms with Gasteiger partial charge in [-0.1, -0.05) is 0 Å². The van der Waals surface area contributed by atoms with Gasteiger partial charge in [-0.15, -0.1) is 23.5 Å². The summed E-state index contributed by atoms with van der Waals surface area (Å²) in [6, 6.07) is 6.68. The average Bonchev–Trinajstić information content (AvgIpc) is 3.60. The minimum atomic E-state index is -1.21. The van der Waals surface area contributed by atoms with Crippen LogP contribution in [0.5, 0.6) is 0 Å². The molecular weight excluding hydrogens is 476 g/mol. The number of amides is 3. The number of thioether (sulfide) groups is 2. The second kappa shape index (κ2) is 9.03. The minimum absolute atomic E-state index is 0.0365. The van der Waals surface area contributed by atoms with Crippen molar-refractivity contribution in [3.05, 3.63) is 47.2 Å². The number of aliphatic carboxylic acids is 1. The van der Waals surface area contributed by atoms with Gasteiger partial charge in [-0.25, -0.2) is 4.79 Å². The average molecular weight is 501 g/mol. The highest BCUT2D eigenvalue weighted by atomic mass is 32.2. The molecule has 5 rings (SSSR count). The molecule has 1 saturated carbocycles. The molecule has 3 heterocycles. The summed E-state index contributed by atoms with van der Waals surface area (Å²) in [5, 5.41) is 12.1. The molecule has 34 heavy (non-hydrogen) atoms. The summed E-state index contributed by atoms with van der Waals surface area (Å²) in [6.45, 7) is 0.659. The van der Waals surface area contributed by atoms with E-state index in [0.717, 1.165) is 17.7 Å². The quantitative estimate of drug-likeness (QED) is 0.222. The van der Waals surface area contributed by atoms with Crippen molar-refractivity contribution in [2.45, 2.75) is 41.6 Å². The van der Waals surface area contributed by atoms with E-state index in [0.29, 0.717) is 41.6 Å². The molecule has 1 aromatic carbocycles. The molecule has 2 saturated heterocycles. The molecule has 1 aliphatic carbocycles. The number of β-lactam (4-membered cyclic amide) rings is 1. The van der Waals surface area contributed by atoms with Crippen molar-refractivity contribution < 1.29 is 24.3 Å². The van der Waals surface area contributed by atoms with E-state index in [4.69, 9.17) is 5.73 Å². The van der Waals surface area contributed by atoms with Gasteiger partial charge >= 0.3 is 5.97 Å². The Balaban J connectivity index is 1.25. The molecule has 4 aliphatic rings. The Morgan fingerprint density at radius 3 is 2.65 bits per heavy atom. The van der Waals surface area contributed by atoms with Crippen LogP contribution in [0.3, 0.4) is 0 Å². The lowest BCUT2D eigenvalue weighted by molar-refractivity contribution is -0.150. The second-order valence-electron chi connectivity index (χ2n) is 8.64. The molecule has 4 N–H and O–H groups in total. The fourth-order valence-electron chi connectivity index (χ4n) is 4.39. The van der Waals surface area contributed by atoms with Gasteiger partial charge in [0, 0.05) is 34.5 Å². The standard InChI is InChI=1S/C23H24N4O5S2/c24-14-1-5-16(6-2-14)33-11-17(28)25-18-21(30)27-19(23(31)32)13(10-34-22(18)27)9-12-7-8-26(20(12)29)15-3-4-15/h1-2,5-6,9,15,18,22H,3-4,7-8,10-11,24H2,(H,25,28)(H,31,32)/t18-,22-/m1/s1. The van der Waals surface area contributed by atoms with Gasteiger partial charge in [0.1, 0.15) is 17.1 Å². The number of fused-ring (bicyclic) bond motifs is 1. The third kappa shape index (κ3) is 4.29. The van der Waals surface area contributed by atoms with Gasteiger partial charge in [-0.2, -0.15) is 0 Å².